The van der Waals surface area contributed by atoms with Crippen LogP contribution >= 0.6 is 0 Å². The van der Waals surface area contributed by atoms with Crippen molar-refractivity contribution in [3.63, 3.8) is 0 Å². The summed E-state index contributed by atoms with van der Waals surface area (Å²) in [6.07, 6.45) is 2.58. The molecule has 1 aromatic rings. The molecule has 2 aliphatic rings. The molecule has 0 amide bonds. The molecular formula is C17H26N2O2. The first-order chi connectivity index (χ1) is 10.4. The van der Waals surface area contributed by atoms with Crippen LogP contribution in [0.5, 0.6) is 5.75 Å². The molecular weight excluding hydrogens is 264 g/mol. The SMILES string of the molecule is c1cc(C2CCCNC2)ccc1OCCN1CCOCC1. The van der Waals surface area contributed by atoms with Crippen LogP contribution in [0, 0.1) is 0 Å². The van der Waals surface area contributed by atoms with Crippen molar-refractivity contribution in [2.75, 3.05) is 52.5 Å². The molecule has 116 valence electrons. The van der Waals surface area contributed by atoms with Gasteiger partial charge in [0.05, 0.1) is 13.2 Å². The van der Waals surface area contributed by atoms with Gasteiger partial charge in [-0.2, -0.15) is 0 Å². The average molecular weight is 290 g/mol. The van der Waals surface area contributed by atoms with Gasteiger partial charge in [-0.1, -0.05) is 12.1 Å². The molecule has 0 aliphatic carbocycles. The fraction of sp³-hybridized carbons (Fsp3) is 0.647. The first-order valence-corrected chi connectivity index (χ1v) is 8.15. The fourth-order valence-corrected chi connectivity index (χ4v) is 3.09. The van der Waals surface area contributed by atoms with Crippen molar-refractivity contribution in [3.05, 3.63) is 29.8 Å². The number of hydrogen-bond acceptors (Lipinski definition) is 4. The molecule has 4 heteroatoms. The van der Waals surface area contributed by atoms with Crippen molar-refractivity contribution in [2.24, 2.45) is 0 Å². The van der Waals surface area contributed by atoms with E-state index >= 15 is 0 Å². The van der Waals surface area contributed by atoms with E-state index in [-0.39, 0.29) is 0 Å². The van der Waals surface area contributed by atoms with Crippen LogP contribution in [0.1, 0.15) is 24.3 Å². The van der Waals surface area contributed by atoms with E-state index in [4.69, 9.17) is 9.47 Å². The second-order valence-corrected chi connectivity index (χ2v) is 5.91. The van der Waals surface area contributed by atoms with Gasteiger partial charge in [-0.05, 0) is 43.0 Å². The lowest BCUT2D eigenvalue weighted by molar-refractivity contribution is 0.0322. The van der Waals surface area contributed by atoms with Gasteiger partial charge in [-0.25, -0.2) is 0 Å². The average Bonchev–Trinajstić information content (AvgIpc) is 2.57. The van der Waals surface area contributed by atoms with Crippen LogP contribution in [-0.2, 0) is 4.74 Å². The minimum atomic E-state index is 0.668. The largest absolute Gasteiger partial charge is 0.492 e. The van der Waals surface area contributed by atoms with Gasteiger partial charge in [0.25, 0.3) is 0 Å². The van der Waals surface area contributed by atoms with E-state index in [1.807, 2.05) is 0 Å². The van der Waals surface area contributed by atoms with Crippen molar-refractivity contribution in [3.8, 4) is 5.75 Å². The highest BCUT2D eigenvalue weighted by atomic mass is 16.5. The van der Waals surface area contributed by atoms with E-state index in [9.17, 15) is 0 Å². The number of rotatable bonds is 5. The van der Waals surface area contributed by atoms with Crippen molar-refractivity contribution in [2.45, 2.75) is 18.8 Å². The standard InChI is InChI=1S/C17H26N2O2/c1-2-16(14-18-7-1)15-3-5-17(6-4-15)21-13-10-19-8-11-20-12-9-19/h3-6,16,18H,1-2,7-14H2. The van der Waals surface area contributed by atoms with Gasteiger partial charge in [0.15, 0.2) is 0 Å². The summed E-state index contributed by atoms with van der Waals surface area (Å²) in [5.41, 5.74) is 1.43. The fourth-order valence-electron chi connectivity index (χ4n) is 3.09. The molecule has 1 N–H and O–H groups in total. The minimum absolute atomic E-state index is 0.668. The van der Waals surface area contributed by atoms with E-state index < -0.39 is 0 Å². The Morgan fingerprint density at radius 2 is 2.00 bits per heavy atom. The molecule has 2 fully saturated rings. The van der Waals surface area contributed by atoms with Gasteiger partial charge in [0.1, 0.15) is 12.4 Å². The van der Waals surface area contributed by atoms with Crippen molar-refractivity contribution in [1.29, 1.82) is 0 Å². The minimum Gasteiger partial charge on any atom is -0.492 e. The summed E-state index contributed by atoms with van der Waals surface area (Å²) < 4.78 is 11.2. The normalized spacial score (nSPS) is 23.9. The summed E-state index contributed by atoms with van der Waals surface area (Å²) in [4.78, 5) is 2.39. The highest BCUT2D eigenvalue weighted by Crippen LogP contribution is 2.24. The van der Waals surface area contributed by atoms with Crippen molar-refractivity contribution >= 4 is 0 Å². The summed E-state index contributed by atoms with van der Waals surface area (Å²) in [6, 6.07) is 8.68. The van der Waals surface area contributed by atoms with Gasteiger partial charge in [0.2, 0.25) is 0 Å². The highest BCUT2D eigenvalue weighted by Gasteiger charge is 2.15. The van der Waals surface area contributed by atoms with Crippen molar-refractivity contribution < 1.29 is 9.47 Å². The number of nitrogens with zero attached hydrogens (tertiary/aromatic N) is 1. The molecule has 4 nitrogen and oxygen atoms in total. The first kappa shape index (κ1) is 14.8. The number of hydrogen-bond donors (Lipinski definition) is 1. The van der Waals surface area contributed by atoms with Gasteiger partial charge < -0.3 is 14.8 Å². The summed E-state index contributed by atoms with van der Waals surface area (Å²) in [5.74, 6) is 1.65. The predicted molar refractivity (Wildman–Crippen MR) is 84.0 cm³/mol. The third kappa shape index (κ3) is 4.43. The van der Waals surface area contributed by atoms with Crippen LogP contribution in [0.25, 0.3) is 0 Å². The number of ether oxygens (including phenoxy) is 2. The quantitative estimate of drug-likeness (QED) is 0.897. The Hall–Kier alpha value is -1.10. The van der Waals surface area contributed by atoms with Gasteiger partial charge in [-0.15, -0.1) is 0 Å². The second kappa shape index (κ2) is 7.78. The van der Waals surface area contributed by atoms with Gasteiger partial charge in [-0.3, -0.25) is 4.90 Å². The molecule has 2 aliphatic heterocycles. The molecule has 0 saturated carbocycles. The van der Waals surface area contributed by atoms with E-state index in [1.54, 1.807) is 0 Å². The Bertz CT molecular complexity index is 409. The lowest BCUT2D eigenvalue weighted by Crippen LogP contribution is -2.38. The third-order valence-electron chi connectivity index (χ3n) is 4.43. The Morgan fingerprint density at radius 1 is 1.19 bits per heavy atom. The number of piperidine rings is 1. The summed E-state index contributed by atoms with van der Waals surface area (Å²) in [5, 5.41) is 3.47. The molecule has 0 spiro atoms. The van der Waals surface area contributed by atoms with Crippen LogP contribution in [0.15, 0.2) is 24.3 Å². The zero-order valence-corrected chi connectivity index (χ0v) is 12.7. The maximum atomic E-state index is 5.85. The van der Waals surface area contributed by atoms with Crippen LogP contribution in [0.2, 0.25) is 0 Å². The van der Waals surface area contributed by atoms with Crippen LogP contribution in [0.4, 0.5) is 0 Å². The molecule has 0 radical (unpaired) electrons. The lowest BCUT2D eigenvalue weighted by Gasteiger charge is -2.26. The first-order valence-electron chi connectivity index (χ1n) is 8.15. The number of nitrogens with one attached hydrogen (secondary N) is 1. The molecule has 2 saturated heterocycles. The summed E-state index contributed by atoms with van der Waals surface area (Å²) in [7, 11) is 0. The van der Waals surface area contributed by atoms with E-state index in [0.29, 0.717) is 5.92 Å². The Labute approximate surface area is 127 Å². The van der Waals surface area contributed by atoms with Crippen molar-refractivity contribution in [1.82, 2.24) is 10.2 Å². The number of benzene rings is 1. The van der Waals surface area contributed by atoms with Crippen LogP contribution in [-0.4, -0.2) is 57.4 Å². The van der Waals surface area contributed by atoms with Crippen LogP contribution < -0.4 is 10.1 Å². The summed E-state index contributed by atoms with van der Waals surface area (Å²) in [6.45, 7) is 7.76. The molecule has 1 unspecified atom stereocenters. The van der Waals surface area contributed by atoms with Gasteiger partial charge >= 0.3 is 0 Å². The summed E-state index contributed by atoms with van der Waals surface area (Å²) >= 11 is 0. The number of morpholine rings is 1. The Kier molecular flexibility index (Phi) is 5.49. The monoisotopic (exact) mass is 290 g/mol. The van der Waals surface area contributed by atoms with Gasteiger partial charge in [0, 0.05) is 26.2 Å². The predicted octanol–water partition coefficient (Wildman–Crippen LogP) is 1.86. The topological polar surface area (TPSA) is 33.7 Å². The molecule has 1 aromatic carbocycles. The van der Waals surface area contributed by atoms with E-state index in [2.05, 4.69) is 34.5 Å². The smallest absolute Gasteiger partial charge is 0.119 e. The zero-order valence-electron chi connectivity index (χ0n) is 12.7. The van der Waals surface area contributed by atoms with E-state index in [1.165, 1.54) is 24.9 Å². The molecule has 0 aromatic heterocycles. The molecule has 0 bridgehead atoms. The molecule has 2 heterocycles. The Balaban J connectivity index is 1.43. The Morgan fingerprint density at radius 3 is 2.71 bits per heavy atom. The van der Waals surface area contributed by atoms with Crippen LogP contribution in [0.3, 0.4) is 0 Å². The van der Waals surface area contributed by atoms with E-state index in [0.717, 1.165) is 51.7 Å². The maximum Gasteiger partial charge on any atom is 0.119 e. The highest BCUT2D eigenvalue weighted by molar-refractivity contribution is 5.29. The lowest BCUT2D eigenvalue weighted by atomic mass is 9.92. The molecule has 3 rings (SSSR count). The molecule has 21 heavy (non-hydrogen) atoms. The third-order valence-corrected chi connectivity index (χ3v) is 4.43. The zero-order chi connectivity index (χ0) is 14.3. The maximum absolute atomic E-state index is 5.85. The second-order valence-electron chi connectivity index (χ2n) is 5.91. The molecule has 1 atom stereocenters.